The lowest BCUT2D eigenvalue weighted by Gasteiger charge is -2.19. The van der Waals surface area contributed by atoms with Crippen molar-refractivity contribution in [1.29, 1.82) is 0 Å². The molecule has 0 saturated carbocycles. The van der Waals surface area contributed by atoms with Crippen LogP contribution in [0.1, 0.15) is 27.2 Å². The van der Waals surface area contributed by atoms with Crippen molar-refractivity contribution < 1.29 is 0 Å². The van der Waals surface area contributed by atoms with E-state index in [1.165, 1.54) is 0 Å². The van der Waals surface area contributed by atoms with E-state index < -0.39 is 0 Å². The van der Waals surface area contributed by atoms with E-state index in [0.717, 1.165) is 13.0 Å². The molecule has 0 amide bonds. The molecule has 0 spiro atoms. The maximum atomic E-state index is 5.76. The SMILES string of the molecule is CC(S)NCCC(C)(C)N. The van der Waals surface area contributed by atoms with Crippen LogP contribution in [0.2, 0.25) is 0 Å². The van der Waals surface area contributed by atoms with E-state index in [4.69, 9.17) is 5.73 Å². The van der Waals surface area contributed by atoms with Crippen molar-refractivity contribution in [3.8, 4) is 0 Å². The van der Waals surface area contributed by atoms with Crippen molar-refractivity contribution in [3.05, 3.63) is 0 Å². The predicted molar refractivity (Wildman–Crippen MR) is 49.3 cm³/mol. The molecule has 0 saturated heterocycles. The van der Waals surface area contributed by atoms with Gasteiger partial charge in [-0.25, -0.2) is 0 Å². The zero-order chi connectivity index (χ0) is 8.20. The predicted octanol–water partition coefficient (Wildman–Crippen LogP) is 0.979. The van der Waals surface area contributed by atoms with Crippen LogP contribution in [0.25, 0.3) is 0 Å². The highest BCUT2D eigenvalue weighted by Gasteiger charge is 2.09. The van der Waals surface area contributed by atoms with Gasteiger partial charge in [0, 0.05) is 10.9 Å². The second-order valence-electron chi connectivity index (χ2n) is 3.37. The van der Waals surface area contributed by atoms with Gasteiger partial charge in [-0.2, -0.15) is 12.6 Å². The summed E-state index contributed by atoms with van der Waals surface area (Å²) >= 11 is 4.18. The Morgan fingerprint density at radius 2 is 2.10 bits per heavy atom. The molecule has 0 fully saturated rings. The third-order valence-corrected chi connectivity index (χ3v) is 1.39. The van der Waals surface area contributed by atoms with Gasteiger partial charge in [0.25, 0.3) is 0 Å². The third-order valence-electron chi connectivity index (χ3n) is 1.21. The van der Waals surface area contributed by atoms with E-state index in [9.17, 15) is 0 Å². The molecule has 0 bridgehead atoms. The molecule has 0 aromatic carbocycles. The molecule has 3 N–H and O–H groups in total. The standard InChI is InChI=1S/C7H18N2S/c1-6(10)9-5-4-7(2,3)8/h6,9-10H,4-5,8H2,1-3H3. The first-order valence-corrected chi connectivity index (χ1v) is 4.14. The van der Waals surface area contributed by atoms with Gasteiger partial charge in [0.1, 0.15) is 0 Å². The van der Waals surface area contributed by atoms with Crippen LogP contribution in [0.15, 0.2) is 0 Å². The second kappa shape index (κ2) is 4.21. The minimum Gasteiger partial charge on any atom is -0.326 e. The summed E-state index contributed by atoms with van der Waals surface area (Å²) in [6, 6.07) is 0. The molecule has 0 rings (SSSR count). The highest BCUT2D eigenvalue weighted by Crippen LogP contribution is 2.01. The summed E-state index contributed by atoms with van der Waals surface area (Å²) in [5.74, 6) is 0. The quantitative estimate of drug-likeness (QED) is 0.426. The normalized spacial score (nSPS) is 15.3. The molecular weight excluding hydrogens is 144 g/mol. The minimum atomic E-state index is -0.0599. The minimum absolute atomic E-state index is 0.0599. The van der Waals surface area contributed by atoms with Gasteiger partial charge in [-0.15, -0.1) is 0 Å². The number of hydrogen-bond donors (Lipinski definition) is 3. The van der Waals surface area contributed by atoms with Crippen LogP contribution in [0, 0.1) is 0 Å². The Balaban J connectivity index is 3.21. The molecule has 2 nitrogen and oxygen atoms in total. The van der Waals surface area contributed by atoms with Gasteiger partial charge in [0.05, 0.1) is 0 Å². The summed E-state index contributed by atoms with van der Waals surface area (Å²) in [6.45, 7) is 7.00. The lowest BCUT2D eigenvalue weighted by molar-refractivity contribution is 0.455. The zero-order valence-electron chi connectivity index (χ0n) is 7.02. The molecule has 0 aliphatic rings. The fourth-order valence-electron chi connectivity index (χ4n) is 0.603. The Morgan fingerprint density at radius 1 is 1.60 bits per heavy atom. The summed E-state index contributed by atoms with van der Waals surface area (Å²) < 4.78 is 0. The van der Waals surface area contributed by atoms with Crippen LogP contribution >= 0.6 is 12.6 Å². The fraction of sp³-hybridized carbons (Fsp3) is 1.00. The van der Waals surface area contributed by atoms with Crippen LogP contribution in [-0.4, -0.2) is 17.5 Å². The van der Waals surface area contributed by atoms with E-state index in [-0.39, 0.29) is 10.9 Å². The number of thiol groups is 1. The van der Waals surface area contributed by atoms with E-state index in [1.54, 1.807) is 0 Å². The Bertz CT molecular complexity index is 86.1. The smallest absolute Gasteiger partial charge is 0.0473 e. The van der Waals surface area contributed by atoms with Gasteiger partial charge < -0.3 is 11.1 Å². The van der Waals surface area contributed by atoms with Crippen molar-refractivity contribution in [2.45, 2.75) is 38.1 Å². The largest absolute Gasteiger partial charge is 0.326 e. The molecule has 1 atom stereocenters. The summed E-state index contributed by atoms with van der Waals surface area (Å²) in [5, 5.41) is 3.45. The van der Waals surface area contributed by atoms with Crippen molar-refractivity contribution >= 4 is 12.6 Å². The highest BCUT2D eigenvalue weighted by molar-refractivity contribution is 7.80. The Labute approximate surface area is 69.0 Å². The first-order chi connectivity index (χ1) is 4.42. The average Bonchev–Trinajstić information content (AvgIpc) is 1.59. The highest BCUT2D eigenvalue weighted by atomic mass is 32.1. The number of nitrogens with one attached hydrogen (secondary N) is 1. The van der Waals surface area contributed by atoms with E-state index in [0.29, 0.717) is 0 Å². The molecule has 0 heterocycles. The van der Waals surface area contributed by atoms with Gasteiger partial charge in [-0.3, -0.25) is 0 Å². The van der Waals surface area contributed by atoms with Crippen molar-refractivity contribution in [3.63, 3.8) is 0 Å². The van der Waals surface area contributed by atoms with Crippen molar-refractivity contribution in [2.24, 2.45) is 5.73 Å². The number of hydrogen-bond acceptors (Lipinski definition) is 3. The maximum absolute atomic E-state index is 5.76. The Morgan fingerprint density at radius 3 is 2.40 bits per heavy atom. The van der Waals surface area contributed by atoms with Crippen LogP contribution in [0.4, 0.5) is 0 Å². The molecule has 1 unspecified atom stereocenters. The molecule has 10 heavy (non-hydrogen) atoms. The number of rotatable bonds is 4. The average molecular weight is 162 g/mol. The van der Waals surface area contributed by atoms with Crippen LogP contribution < -0.4 is 11.1 Å². The third kappa shape index (κ3) is 8.27. The van der Waals surface area contributed by atoms with Gasteiger partial charge in [-0.05, 0) is 33.7 Å². The Hall–Kier alpha value is 0.270. The van der Waals surface area contributed by atoms with Gasteiger partial charge in [0.15, 0.2) is 0 Å². The molecule has 0 radical (unpaired) electrons. The summed E-state index contributed by atoms with van der Waals surface area (Å²) in [6.07, 6.45) is 0.984. The summed E-state index contributed by atoms with van der Waals surface area (Å²) in [5.41, 5.74) is 5.70. The lowest BCUT2D eigenvalue weighted by atomic mass is 10.0. The lowest BCUT2D eigenvalue weighted by Crippen LogP contribution is -2.36. The molecular formula is C7H18N2S. The van der Waals surface area contributed by atoms with Gasteiger partial charge in [-0.1, -0.05) is 0 Å². The van der Waals surface area contributed by atoms with E-state index >= 15 is 0 Å². The van der Waals surface area contributed by atoms with Gasteiger partial charge >= 0.3 is 0 Å². The zero-order valence-corrected chi connectivity index (χ0v) is 7.91. The van der Waals surface area contributed by atoms with Crippen LogP contribution in [0.5, 0.6) is 0 Å². The summed E-state index contributed by atoms with van der Waals surface area (Å²) in [7, 11) is 0. The van der Waals surface area contributed by atoms with Crippen molar-refractivity contribution in [1.82, 2.24) is 5.32 Å². The first kappa shape index (κ1) is 10.3. The Kier molecular flexibility index (Phi) is 4.32. The van der Waals surface area contributed by atoms with E-state index in [1.807, 2.05) is 20.8 Å². The van der Waals surface area contributed by atoms with Crippen LogP contribution in [0.3, 0.4) is 0 Å². The van der Waals surface area contributed by atoms with E-state index in [2.05, 4.69) is 17.9 Å². The maximum Gasteiger partial charge on any atom is 0.0473 e. The fourth-order valence-corrected chi connectivity index (χ4v) is 0.732. The van der Waals surface area contributed by atoms with Crippen LogP contribution in [-0.2, 0) is 0 Å². The molecule has 0 aliphatic heterocycles. The molecule has 3 heteroatoms. The molecule has 0 aromatic rings. The monoisotopic (exact) mass is 162 g/mol. The van der Waals surface area contributed by atoms with Gasteiger partial charge in [0.2, 0.25) is 0 Å². The first-order valence-electron chi connectivity index (χ1n) is 3.62. The molecule has 0 aromatic heterocycles. The molecule has 62 valence electrons. The summed E-state index contributed by atoms with van der Waals surface area (Å²) in [4.78, 5) is 0. The number of nitrogens with two attached hydrogens (primary N) is 1. The topological polar surface area (TPSA) is 38.0 Å². The second-order valence-corrected chi connectivity index (χ2v) is 4.14. The molecule has 0 aliphatic carbocycles. The van der Waals surface area contributed by atoms with Crippen molar-refractivity contribution in [2.75, 3.05) is 6.54 Å².